The molecule has 3 unspecified atom stereocenters. The lowest BCUT2D eigenvalue weighted by Gasteiger charge is -2.15. The van der Waals surface area contributed by atoms with Crippen molar-refractivity contribution in [2.75, 3.05) is 0 Å². The predicted molar refractivity (Wildman–Crippen MR) is 107 cm³/mol. The van der Waals surface area contributed by atoms with Crippen LogP contribution >= 0.6 is 11.6 Å². The number of carbonyl (C=O) groups excluding carboxylic acids is 1. The molecule has 1 aliphatic rings. The SMILES string of the molecule is CCC(NC(=O)C1CC1c1cccc(Cl)c1)c1ncc(-c2ccccc2)[nH]1. The number of nitrogens with one attached hydrogen (secondary N) is 2. The second kappa shape index (κ2) is 7.57. The number of amides is 1. The molecule has 1 aromatic heterocycles. The number of hydrogen-bond acceptors (Lipinski definition) is 2. The van der Waals surface area contributed by atoms with Crippen LogP contribution in [0.2, 0.25) is 5.02 Å². The molecule has 1 saturated carbocycles. The predicted octanol–water partition coefficient (Wildman–Crippen LogP) is 5.10. The monoisotopic (exact) mass is 379 g/mol. The van der Waals surface area contributed by atoms with Crippen LogP contribution in [-0.4, -0.2) is 15.9 Å². The Morgan fingerprint density at radius 1 is 1.26 bits per heavy atom. The maximum atomic E-state index is 12.7. The van der Waals surface area contributed by atoms with E-state index in [4.69, 9.17) is 11.6 Å². The lowest BCUT2D eigenvalue weighted by molar-refractivity contribution is -0.123. The second-order valence-electron chi connectivity index (χ2n) is 7.02. The van der Waals surface area contributed by atoms with E-state index in [-0.39, 0.29) is 23.8 Å². The number of carbonyl (C=O) groups is 1. The van der Waals surface area contributed by atoms with Gasteiger partial charge in [-0.15, -0.1) is 0 Å². The zero-order valence-electron chi connectivity index (χ0n) is 15.2. The first-order valence-corrected chi connectivity index (χ1v) is 9.69. The van der Waals surface area contributed by atoms with Crippen molar-refractivity contribution in [3.05, 3.63) is 77.2 Å². The first-order chi connectivity index (χ1) is 13.2. The third kappa shape index (κ3) is 3.91. The van der Waals surface area contributed by atoms with E-state index in [1.807, 2.05) is 60.8 Å². The maximum Gasteiger partial charge on any atom is 0.224 e. The molecule has 4 nitrogen and oxygen atoms in total. The van der Waals surface area contributed by atoms with E-state index in [0.717, 1.165) is 35.5 Å². The van der Waals surface area contributed by atoms with E-state index in [1.54, 1.807) is 0 Å². The number of imidazole rings is 1. The molecule has 0 spiro atoms. The fourth-order valence-corrected chi connectivity index (χ4v) is 3.71. The molecule has 138 valence electrons. The topological polar surface area (TPSA) is 57.8 Å². The van der Waals surface area contributed by atoms with Crippen molar-refractivity contribution in [1.29, 1.82) is 0 Å². The molecule has 5 heteroatoms. The summed E-state index contributed by atoms with van der Waals surface area (Å²) in [5.41, 5.74) is 3.18. The van der Waals surface area contributed by atoms with Gasteiger partial charge >= 0.3 is 0 Å². The Labute approximate surface area is 164 Å². The number of benzene rings is 2. The first-order valence-electron chi connectivity index (χ1n) is 9.32. The Hall–Kier alpha value is -2.59. The number of halogens is 1. The molecule has 4 rings (SSSR count). The smallest absolute Gasteiger partial charge is 0.224 e. The Bertz CT molecular complexity index is 937. The van der Waals surface area contributed by atoms with E-state index < -0.39 is 0 Å². The molecule has 0 bridgehead atoms. The average molecular weight is 380 g/mol. The Balaban J connectivity index is 1.42. The first kappa shape index (κ1) is 17.8. The van der Waals surface area contributed by atoms with Crippen LogP contribution in [0.15, 0.2) is 60.8 Å². The van der Waals surface area contributed by atoms with Gasteiger partial charge in [0.25, 0.3) is 0 Å². The van der Waals surface area contributed by atoms with Gasteiger partial charge in [0.1, 0.15) is 5.82 Å². The van der Waals surface area contributed by atoms with E-state index >= 15 is 0 Å². The van der Waals surface area contributed by atoms with Crippen molar-refractivity contribution in [2.24, 2.45) is 5.92 Å². The van der Waals surface area contributed by atoms with Crippen LogP contribution in [0.4, 0.5) is 0 Å². The molecule has 0 aliphatic heterocycles. The average Bonchev–Trinajstić information content (AvgIpc) is 3.36. The van der Waals surface area contributed by atoms with Gasteiger partial charge in [-0.25, -0.2) is 4.98 Å². The lowest BCUT2D eigenvalue weighted by atomic mass is 10.1. The molecular weight excluding hydrogens is 358 g/mol. The van der Waals surface area contributed by atoms with Gasteiger partial charge in [-0.1, -0.05) is 61.0 Å². The fourth-order valence-electron chi connectivity index (χ4n) is 3.51. The third-order valence-electron chi connectivity index (χ3n) is 5.14. The van der Waals surface area contributed by atoms with Gasteiger partial charge in [-0.2, -0.15) is 0 Å². The summed E-state index contributed by atoms with van der Waals surface area (Å²) in [5.74, 6) is 1.16. The van der Waals surface area contributed by atoms with E-state index in [0.29, 0.717) is 5.02 Å². The molecular formula is C22H22ClN3O. The van der Waals surface area contributed by atoms with E-state index in [1.165, 1.54) is 0 Å². The summed E-state index contributed by atoms with van der Waals surface area (Å²) in [7, 11) is 0. The molecule has 1 fully saturated rings. The highest BCUT2D eigenvalue weighted by Crippen LogP contribution is 2.48. The van der Waals surface area contributed by atoms with Crippen LogP contribution in [0.5, 0.6) is 0 Å². The van der Waals surface area contributed by atoms with Crippen molar-refractivity contribution >= 4 is 17.5 Å². The summed E-state index contributed by atoms with van der Waals surface area (Å²) in [6.07, 6.45) is 3.48. The summed E-state index contributed by atoms with van der Waals surface area (Å²) in [6, 6.07) is 17.7. The molecule has 0 saturated heterocycles. The Kier molecular flexibility index (Phi) is 4.99. The zero-order chi connectivity index (χ0) is 18.8. The Morgan fingerprint density at radius 2 is 2.07 bits per heavy atom. The normalized spacial score (nSPS) is 19.5. The van der Waals surface area contributed by atoms with Gasteiger partial charge in [0.2, 0.25) is 5.91 Å². The van der Waals surface area contributed by atoms with E-state index in [9.17, 15) is 4.79 Å². The van der Waals surface area contributed by atoms with Crippen LogP contribution < -0.4 is 5.32 Å². The van der Waals surface area contributed by atoms with Crippen molar-refractivity contribution in [1.82, 2.24) is 15.3 Å². The molecule has 0 radical (unpaired) electrons. The summed E-state index contributed by atoms with van der Waals surface area (Å²) in [4.78, 5) is 20.6. The fraction of sp³-hybridized carbons (Fsp3) is 0.273. The number of hydrogen-bond donors (Lipinski definition) is 2. The summed E-state index contributed by atoms with van der Waals surface area (Å²) in [5, 5.41) is 3.88. The molecule has 3 aromatic rings. The molecule has 3 atom stereocenters. The van der Waals surface area contributed by atoms with E-state index in [2.05, 4.69) is 22.2 Å². The van der Waals surface area contributed by atoms with Crippen LogP contribution in [0.25, 0.3) is 11.3 Å². The quantitative estimate of drug-likeness (QED) is 0.625. The molecule has 1 amide bonds. The third-order valence-corrected chi connectivity index (χ3v) is 5.37. The maximum absolute atomic E-state index is 12.7. The van der Waals surface area contributed by atoms with Gasteiger partial charge in [0, 0.05) is 10.9 Å². The number of aromatic amines is 1. The van der Waals surface area contributed by atoms with Crippen LogP contribution in [0, 0.1) is 5.92 Å². The minimum atomic E-state index is -0.115. The largest absolute Gasteiger partial charge is 0.346 e. The van der Waals surface area contributed by atoms with Crippen LogP contribution in [0.1, 0.15) is 43.1 Å². The van der Waals surface area contributed by atoms with Gasteiger partial charge in [-0.05, 0) is 42.0 Å². The van der Waals surface area contributed by atoms with Crippen molar-refractivity contribution in [2.45, 2.75) is 31.7 Å². The molecule has 1 heterocycles. The number of nitrogens with zero attached hydrogens (tertiary/aromatic N) is 1. The van der Waals surface area contributed by atoms with Crippen molar-refractivity contribution < 1.29 is 4.79 Å². The number of H-pyrrole nitrogens is 1. The van der Waals surface area contributed by atoms with Crippen molar-refractivity contribution in [3.63, 3.8) is 0 Å². The molecule has 1 aliphatic carbocycles. The van der Waals surface area contributed by atoms with Gasteiger partial charge in [-0.3, -0.25) is 4.79 Å². The van der Waals surface area contributed by atoms with Crippen LogP contribution in [0.3, 0.4) is 0 Å². The zero-order valence-corrected chi connectivity index (χ0v) is 15.9. The van der Waals surface area contributed by atoms with Crippen molar-refractivity contribution in [3.8, 4) is 11.3 Å². The molecule has 2 N–H and O–H groups in total. The standard InChI is InChI=1S/C22H22ClN3O/c1-2-19(21-24-13-20(25-21)14-7-4-3-5-8-14)26-22(27)18-12-17(18)15-9-6-10-16(23)11-15/h3-11,13,17-19H,2,12H2,1H3,(H,24,25)(H,26,27). The van der Waals surface area contributed by atoms with Gasteiger partial charge in [0.15, 0.2) is 0 Å². The summed E-state index contributed by atoms with van der Waals surface area (Å²) >= 11 is 6.07. The number of aromatic nitrogens is 2. The Morgan fingerprint density at radius 3 is 2.81 bits per heavy atom. The number of rotatable bonds is 6. The summed E-state index contributed by atoms with van der Waals surface area (Å²) < 4.78 is 0. The summed E-state index contributed by atoms with van der Waals surface area (Å²) in [6.45, 7) is 2.05. The second-order valence-corrected chi connectivity index (χ2v) is 7.46. The highest BCUT2D eigenvalue weighted by Gasteiger charge is 2.44. The highest BCUT2D eigenvalue weighted by atomic mass is 35.5. The van der Waals surface area contributed by atoms with Gasteiger partial charge < -0.3 is 10.3 Å². The molecule has 27 heavy (non-hydrogen) atoms. The lowest BCUT2D eigenvalue weighted by Crippen LogP contribution is -2.30. The minimum Gasteiger partial charge on any atom is -0.346 e. The highest BCUT2D eigenvalue weighted by molar-refractivity contribution is 6.30. The molecule has 2 aromatic carbocycles. The van der Waals surface area contributed by atoms with Gasteiger partial charge in [0.05, 0.1) is 17.9 Å². The van der Waals surface area contributed by atoms with Crippen LogP contribution in [-0.2, 0) is 4.79 Å². The minimum absolute atomic E-state index is 0.0149.